The van der Waals surface area contributed by atoms with E-state index in [0.29, 0.717) is 13.0 Å². The minimum atomic E-state index is -3.52. The summed E-state index contributed by atoms with van der Waals surface area (Å²) in [7, 11) is -5.33. The summed E-state index contributed by atoms with van der Waals surface area (Å²) >= 11 is 0. The van der Waals surface area contributed by atoms with Crippen molar-refractivity contribution in [1.82, 2.24) is 4.31 Å². The Morgan fingerprint density at radius 1 is 1.11 bits per heavy atom. The monoisotopic (exact) mass is 300 g/mol. The maximum Gasteiger partial charge on any atom is 0.214 e. The van der Waals surface area contributed by atoms with Gasteiger partial charge in [0, 0.05) is 25.9 Å². The Bertz CT molecular complexity index is 442. The van der Waals surface area contributed by atoms with E-state index in [1.165, 1.54) is 11.4 Å². The zero-order valence-electron chi connectivity index (χ0n) is 11.5. The van der Waals surface area contributed by atoms with Gasteiger partial charge in [0.25, 0.3) is 0 Å². The largest absolute Gasteiger partial charge is 0.327 e. The molecule has 2 N–H and O–H groups in total. The number of nitrogens with two attached hydrogens (primary N) is 1. The maximum atomic E-state index is 11.8. The number of sulfone groups is 1. The van der Waals surface area contributed by atoms with Crippen LogP contribution in [0.25, 0.3) is 0 Å². The first kappa shape index (κ1) is 17.8. The fourth-order valence-electron chi connectivity index (χ4n) is 1.22. The lowest BCUT2D eigenvalue weighted by molar-refractivity contribution is 0.398. The third-order valence-corrected chi connectivity index (χ3v) is 5.88. The van der Waals surface area contributed by atoms with Crippen LogP contribution >= 0.6 is 0 Å². The van der Waals surface area contributed by atoms with Crippen molar-refractivity contribution in [2.75, 3.05) is 31.4 Å². The molecule has 0 aromatic heterocycles. The van der Waals surface area contributed by atoms with E-state index in [0.717, 1.165) is 6.26 Å². The van der Waals surface area contributed by atoms with E-state index in [9.17, 15) is 16.8 Å². The van der Waals surface area contributed by atoms with Crippen molar-refractivity contribution in [3.63, 3.8) is 0 Å². The molecule has 0 fully saturated rings. The summed E-state index contributed by atoms with van der Waals surface area (Å²) in [5, 5.41) is 0. The average Bonchev–Trinajstić information content (AvgIpc) is 2.21. The molecule has 0 spiro atoms. The Balaban J connectivity index is 4.36. The average molecular weight is 300 g/mol. The molecule has 0 amide bonds. The minimum absolute atomic E-state index is 0.0578. The zero-order valence-corrected chi connectivity index (χ0v) is 13.1. The van der Waals surface area contributed by atoms with Crippen LogP contribution in [0.3, 0.4) is 0 Å². The van der Waals surface area contributed by atoms with Crippen molar-refractivity contribution >= 4 is 19.9 Å². The first-order chi connectivity index (χ1) is 7.96. The topological polar surface area (TPSA) is 97.5 Å². The first-order valence-electron chi connectivity index (χ1n) is 5.83. The molecule has 0 saturated heterocycles. The minimum Gasteiger partial charge on any atom is -0.327 e. The van der Waals surface area contributed by atoms with E-state index >= 15 is 0 Å². The molecular formula is C10H24N2O4S2. The Morgan fingerprint density at radius 2 is 1.61 bits per heavy atom. The van der Waals surface area contributed by atoms with Gasteiger partial charge in [-0.05, 0) is 12.3 Å². The number of nitrogens with zero attached hydrogens (tertiary/aromatic N) is 1. The molecule has 0 aromatic rings. The second-order valence-corrected chi connectivity index (χ2v) is 9.42. The second kappa shape index (κ2) is 6.83. The van der Waals surface area contributed by atoms with Crippen molar-refractivity contribution in [2.45, 2.75) is 26.3 Å². The molecule has 6 nitrogen and oxygen atoms in total. The lowest BCUT2D eigenvalue weighted by atomic mass is 10.0. The van der Waals surface area contributed by atoms with Crippen LogP contribution < -0.4 is 5.73 Å². The maximum absolute atomic E-state index is 11.8. The molecule has 0 aromatic carbocycles. The van der Waals surface area contributed by atoms with E-state index in [4.69, 9.17) is 5.73 Å². The third-order valence-electron chi connectivity index (χ3n) is 2.82. The summed E-state index contributed by atoms with van der Waals surface area (Å²) in [6.45, 7) is 4.26. The van der Waals surface area contributed by atoms with Crippen LogP contribution in [0, 0.1) is 5.92 Å². The first-order valence-corrected chi connectivity index (χ1v) is 9.50. The highest BCUT2D eigenvalue weighted by molar-refractivity contribution is 7.93. The van der Waals surface area contributed by atoms with E-state index < -0.39 is 19.9 Å². The van der Waals surface area contributed by atoms with Crippen molar-refractivity contribution in [2.24, 2.45) is 11.7 Å². The third kappa shape index (κ3) is 7.30. The highest BCUT2D eigenvalue weighted by Crippen LogP contribution is 2.06. The van der Waals surface area contributed by atoms with Crippen LogP contribution in [0.1, 0.15) is 20.3 Å². The molecule has 0 saturated carbocycles. The predicted molar refractivity (Wildman–Crippen MR) is 73.6 cm³/mol. The van der Waals surface area contributed by atoms with Gasteiger partial charge in [-0.1, -0.05) is 13.8 Å². The zero-order chi connectivity index (χ0) is 14.6. The molecule has 18 heavy (non-hydrogen) atoms. The van der Waals surface area contributed by atoms with Gasteiger partial charge in [-0.3, -0.25) is 0 Å². The lowest BCUT2D eigenvalue weighted by Gasteiger charge is -2.21. The Kier molecular flexibility index (Phi) is 6.77. The molecule has 0 radical (unpaired) electrons. The van der Waals surface area contributed by atoms with Gasteiger partial charge >= 0.3 is 0 Å². The van der Waals surface area contributed by atoms with Gasteiger partial charge in [-0.25, -0.2) is 21.1 Å². The molecule has 0 aliphatic heterocycles. The van der Waals surface area contributed by atoms with Crippen LogP contribution in [-0.4, -0.2) is 58.5 Å². The summed E-state index contributed by atoms with van der Waals surface area (Å²) in [6.07, 6.45) is 1.59. The van der Waals surface area contributed by atoms with Crippen molar-refractivity contribution in [1.29, 1.82) is 0 Å². The molecular weight excluding hydrogens is 276 g/mol. The predicted octanol–water partition coefficient (Wildman–Crippen LogP) is -0.334. The number of rotatable bonds is 8. The van der Waals surface area contributed by atoms with Crippen LogP contribution in [0.15, 0.2) is 0 Å². The van der Waals surface area contributed by atoms with Gasteiger partial charge < -0.3 is 5.73 Å². The van der Waals surface area contributed by atoms with E-state index in [1.807, 2.05) is 13.8 Å². The molecule has 0 aliphatic rings. The Labute approximate surface area is 111 Å². The second-order valence-electron chi connectivity index (χ2n) is 4.96. The molecule has 0 rings (SSSR count). The van der Waals surface area contributed by atoms with Gasteiger partial charge in [-0.2, -0.15) is 0 Å². The molecule has 110 valence electrons. The molecule has 0 bridgehead atoms. The van der Waals surface area contributed by atoms with E-state index in [1.54, 1.807) is 0 Å². The quantitative estimate of drug-likeness (QED) is 0.662. The highest BCUT2D eigenvalue weighted by Gasteiger charge is 2.21. The Morgan fingerprint density at radius 3 is 2.00 bits per heavy atom. The normalized spacial score (nSPS) is 15.3. The fourth-order valence-corrected chi connectivity index (χ4v) is 3.96. The van der Waals surface area contributed by atoms with Crippen molar-refractivity contribution in [3.8, 4) is 0 Å². The summed E-state index contributed by atoms with van der Waals surface area (Å²) < 4.78 is 46.6. The summed E-state index contributed by atoms with van der Waals surface area (Å²) in [4.78, 5) is 0. The van der Waals surface area contributed by atoms with Crippen LogP contribution in [-0.2, 0) is 19.9 Å². The van der Waals surface area contributed by atoms with Gasteiger partial charge in [-0.15, -0.1) is 0 Å². The molecule has 8 heteroatoms. The van der Waals surface area contributed by atoms with Gasteiger partial charge in [0.15, 0.2) is 0 Å². The molecule has 0 aliphatic carbocycles. The Hall–Kier alpha value is -0.180. The van der Waals surface area contributed by atoms with E-state index in [2.05, 4.69) is 0 Å². The fraction of sp³-hybridized carbons (Fsp3) is 1.00. The molecule has 1 unspecified atom stereocenters. The number of sulfonamides is 1. The van der Waals surface area contributed by atoms with Crippen LogP contribution in [0.5, 0.6) is 0 Å². The number of hydrogen-bond acceptors (Lipinski definition) is 5. The number of hydrogen-bond donors (Lipinski definition) is 1. The molecule has 1 atom stereocenters. The highest BCUT2D eigenvalue weighted by atomic mass is 32.2. The standard InChI is InChI=1S/C10H24N2O4S2/c1-9(2)10(11)5-6-12(3)18(15,16)8-7-17(4,13)14/h9-10H,5-8,11H2,1-4H3. The molecule has 0 heterocycles. The van der Waals surface area contributed by atoms with Gasteiger partial charge in [0.2, 0.25) is 10.0 Å². The summed E-state index contributed by atoms with van der Waals surface area (Å²) in [5.41, 5.74) is 5.83. The van der Waals surface area contributed by atoms with Crippen molar-refractivity contribution in [3.05, 3.63) is 0 Å². The smallest absolute Gasteiger partial charge is 0.214 e. The lowest BCUT2D eigenvalue weighted by Crippen LogP contribution is -2.36. The van der Waals surface area contributed by atoms with Gasteiger partial charge in [0.1, 0.15) is 9.84 Å². The summed E-state index contributed by atoms with van der Waals surface area (Å²) in [6, 6.07) is -0.0578. The van der Waals surface area contributed by atoms with Gasteiger partial charge in [0.05, 0.1) is 11.5 Å². The summed E-state index contributed by atoms with van der Waals surface area (Å²) in [5.74, 6) is -0.438. The van der Waals surface area contributed by atoms with Crippen LogP contribution in [0.4, 0.5) is 0 Å². The SMILES string of the molecule is CC(C)C(N)CCN(C)S(=O)(=O)CCS(C)(=O)=O. The van der Waals surface area contributed by atoms with Crippen LogP contribution in [0.2, 0.25) is 0 Å². The van der Waals surface area contributed by atoms with E-state index in [-0.39, 0.29) is 23.5 Å². The van der Waals surface area contributed by atoms with Crippen molar-refractivity contribution < 1.29 is 16.8 Å².